The Balaban J connectivity index is 2.12. The minimum atomic E-state index is -0.0940. The lowest BCUT2D eigenvalue weighted by molar-refractivity contribution is 0.200. The Bertz CT molecular complexity index is 153. The number of hydrogen-bond donors (Lipinski definition) is 2. The second-order valence-electron chi connectivity index (χ2n) is 4.63. The Morgan fingerprint density at radius 3 is 2.57 bits per heavy atom. The molecule has 1 fully saturated rings. The molecule has 1 aliphatic rings. The quantitative estimate of drug-likeness (QED) is 0.712. The van der Waals surface area contributed by atoms with Crippen molar-refractivity contribution in [3.63, 3.8) is 0 Å². The maximum Gasteiger partial charge on any atom is 0.0618 e. The van der Waals surface area contributed by atoms with E-state index in [0.717, 1.165) is 11.7 Å². The van der Waals surface area contributed by atoms with E-state index in [-0.39, 0.29) is 12.1 Å². The van der Waals surface area contributed by atoms with Gasteiger partial charge >= 0.3 is 0 Å². The van der Waals surface area contributed by atoms with Gasteiger partial charge in [-0.05, 0) is 38.5 Å². The van der Waals surface area contributed by atoms with Gasteiger partial charge in [-0.25, -0.2) is 0 Å². The van der Waals surface area contributed by atoms with Gasteiger partial charge in [0.1, 0.15) is 0 Å². The van der Waals surface area contributed by atoms with E-state index in [2.05, 4.69) is 12.2 Å². The smallest absolute Gasteiger partial charge is 0.0618 e. The molecule has 0 aromatic carbocycles. The van der Waals surface area contributed by atoms with Crippen molar-refractivity contribution >= 4 is 11.8 Å². The second-order valence-corrected chi connectivity index (χ2v) is 5.66. The van der Waals surface area contributed by atoms with Crippen molar-refractivity contribution in [2.45, 2.75) is 38.1 Å². The van der Waals surface area contributed by atoms with Crippen molar-refractivity contribution in [2.24, 2.45) is 5.92 Å². The van der Waals surface area contributed by atoms with Crippen LogP contribution in [0, 0.1) is 5.92 Å². The van der Waals surface area contributed by atoms with Crippen LogP contribution in [0.5, 0.6) is 0 Å². The van der Waals surface area contributed by atoms with Gasteiger partial charge < -0.3 is 10.4 Å². The molecule has 0 spiro atoms. The molecule has 0 aromatic rings. The number of thioether (sulfide) groups is 1. The summed E-state index contributed by atoms with van der Waals surface area (Å²) in [5.74, 6) is 3.23. The Hall–Kier alpha value is 0.270. The maximum atomic E-state index is 9.20. The van der Waals surface area contributed by atoms with Gasteiger partial charge in [0.05, 0.1) is 6.61 Å². The van der Waals surface area contributed by atoms with E-state index in [1.807, 2.05) is 18.8 Å². The zero-order valence-corrected chi connectivity index (χ0v) is 10.2. The third kappa shape index (κ3) is 3.79. The molecule has 1 rings (SSSR count). The first kappa shape index (κ1) is 12.3. The third-order valence-corrected chi connectivity index (χ3v) is 4.75. The van der Waals surface area contributed by atoms with Crippen LogP contribution in [-0.2, 0) is 0 Å². The summed E-state index contributed by atoms with van der Waals surface area (Å²) in [4.78, 5) is 0. The molecule has 0 heterocycles. The predicted molar refractivity (Wildman–Crippen MR) is 63.8 cm³/mol. The Labute approximate surface area is 91.9 Å². The molecule has 84 valence electrons. The van der Waals surface area contributed by atoms with E-state index in [0.29, 0.717) is 0 Å². The van der Waals surface area contributed by atoms with Gasteiger partial charge in [-0.3, -0.25) is 0 Å². The molecule has 0 radical (unpaired) electrons. The van der Waals surface area contributed by atoms with Gasteiger partial charge in [0, 0.05) is 11.3 Å². The fourth-order valence-electron chi connectivity index (χ4n) is 1.82. The SMILES string of the molecule is CNC(C)(CO)CSCC1CCCC1. The third-order valence-electron chi connectivity index (χ3n) is 3.20. The maximum absolute atomic E-state index is 9.20. The van der Waals surface area contributed by atoms with Crippen molar-refractivity contribution in [1.82, 2.24) is 5.32 Å². The first-order chi connectivity index (χ1) is 6.70. The minimum absolute atomic E-state index is 0.0940. The van der Waals surface area contributed by atoms with Crippen molar-refractivity contribution in [2.75, 3.05) is 25.2 Å². The fourth-order valence-corrected chi connectivity index (χ4v) is 3.30. The molecule has 1 aliphatic carbocycles. The molecule has 1 atom stereocenters. The summed E-state index contributed by atoms with van der Waals surface area (Å²) in [6.07, 6.45) is 5.69. The molecule has 1 unspecified atom stereocenters. The summed E-state index contributed by atoms with van der Waals surface area (Å²) in [6, 6.07) is 0. The van der Waals surface area contributed by atoms with Gasteiger partial charge in [0.25, 0.3) is 0 Å². The summed E-state index contributed by atoms with van der Waals surface area (Å²) in [6.45, 7) is 2.30. The summed E-state index contributed by atoms with van der Waals surface area (Å²) in [7, 11) is 1.92. The van der Waals surface area contributed by atoms with Crippen LogP contribution >= 0.6 is 11.8 Å². The Morgan fingerprint density at radius 2 is 2.07 bits per heavy atom. The lowest BCUT2D eigenvalue weighted by Gasteiger charge is -2.26. The van der Waals surface area contributed by atoms with Gasteiger partial charge in [0.2, 0.25) is 0 Å². The minimum Gasteiger partial charge on any atom is -0.394 e. The fraction of sp³-hybridized carbons (Fsp3) is 1.00. The number of nitrogens with one attached hydrogen (secondary N) is 1. The molecule has 14 heavy (non-hydrogen) atoms. The van der Waals surface area contributed by atoms with Crippen LogP contribution in [-0.4, -0.2) is 35.8 Å². The highest BCUT2D eigenvalue weighted by molar-refractivity contribution is 7.99. The van der Waals surface area contributed by atoms with Crippen molar-refractivity contribution in [1.29, 1.82) is 0 Å². The van der Waals surface area contributed by atoms with E-state index >= 15 is 0 Å². The highest BCUT2D eigenvalue weighted by atomic mass is 32.2. The van der Waals surface area contributed by atoms with E-state index in [1.54, 1.807) is 0 Å². The van der Waals surface area contributed by atoms with Crippen molar-refractivity contribution in [3.8, 4) is 0 Å². The number of aliphatic hydroxyl groups excluding tert-OH is 1. The number of aliphatic hydroxyl groups is 1. The van der Waals surface area contributed by atoms with Crippen molar-refractivity contribution < 1.29 is 5.11 Å². The lowest BCUT2D eigenvalue weighted by Crippen LogP contribution is -2.45. The Morgan fingerprint density at radius 1 is 1.43 bits per heavy atom. The summed E-state index contributed by atoms with van der Waals surface area (Å²) >= 11 is 1.98. The molecule has 2 nitrogen and oxygen atoms in total. The van der Waals surface area contributed by atoms with Crippen molar-refractivity contribution in [3.05, 3.63) is 0 Å². The van der Waals surface area contributed by atoms with Crippen LogP contribution in [0.15, 0.2) is 0 Å². The monoisotopic (exact) mass is 217 g/mol. The molecular weight excluding hydrogens is 194 g/mol. The van der Waals surface area contributed by atoms with E-state index in [1.165, 1.54) is 31.4 Å². The van der Waals surface area contributed by atoms with E-state index < -0.39 is 0 Å². The number of rotatable bonds is 6. The molecule has 0 amide bonds. The number of hydrogen-bond acceptors (Lipinski definition) is 3. The van der Waals surface area contributed by atoms with Gasteiger partial charge in [-0.2, -0.15) is 11.8 Å². The average molecular weight is 217 g/mol. The lowest BCUT2D eigenvalue weighted by atomic mass is 10.1. The first-order valence-corrected chi connectivity index (χ1v) is 6.73. The first-order valence-electron chi connectivity index (χ1n) is 5.58. The molecule has 3 heteroatoms. The summed E-state index contributed by atoms with van der Waals surface area (Å²) in [5.41, 5.74) is -0.0940. The standard InChI is InChI=1S/C11H23NOS/c1-11(8-13,12-2)9-14-7-10-5-3-4-6-10/h10,12-13H,3-9H2,1-2H3. The second kappa shape index (κ2) is 5.99. The van der Waals surface area contributed by atoms with Gasteiger partial charge in [0.15, 0.2) is 0 Å². The normalized spacial score (nSPS) is 22.5. The average Bonchev–Trinajstić information content (AvgIpc) is 2.70. The molecule has 0 aromatic heterocycles. The van der Waals surface area contributed by atoms with Gasteiger partial charge in [-0.15, -0.1) is 0 Å². The van der Waals surface area contributed by atoms with Crippen LogP contribution in [0.2, 0.25) is 0 Å². The Kier molecular flexibility index (Phi) is 5.28. The highest BCUT2D eigenvalue weighted by Gasteiger charge is 2.22. The van der Waals surface area contributed by atoms with Crippen LogP contribution < -0.4 is 5.32 Å². The largest absolute Gasteiger partial charge is 0.394 e. The predicted octanol–water partition coefficient (Wildman–Crippen LogP) is 1.88. The molecule has 0 bridgehead atoms. The van der Waals surface area contributed by atoms with Gasteiger partial charge in [-0.1, -0.05) is 12.8 Å². The molecular formula is C11H23NOS. The summed E-state index contributed by atoms with van der Waals surface area (Å²) in [5, 5.41) is 12.4. The molecule has 1 saturated carbocycles. The molecule has 0 saturated heterocycles. The van der Waals surface area contributed by atoms with Crippen LogP contribution in [0.1, 0.15) is 32.6 Å². The number of likely N-dealkylation sites (N-methyl/N-ethyl adjacent to an activating group) is 1. The highest BCUT2D eigenvalue weighted by Crippen LogP contribution is 2.28. The van der Waals surface area contributed by atoms with E-state index in [9.17, 15) is 5.11 Å². The van der Waals surface area contributed by atoms with E-state index in [4.69, 9.17) is 0 Å². The van der Waals surface area contributed by atoms with Crippen LogP contribution in [0.25, 0.3) is 0 Å². The topological polar surface area (TPSA) is 32.3 Å². The van der Waals surface area contributed by atoms with Crippen LogP contribution in [0.3, 0.4) is 0 Å². The molecule has 2 N–H and O–H groups in total. The zero-order chi connectivity index (χ0) is 10.4. The van der Waals surface area contributed by atoms with Crippen LogP contribution in [0.4, 0.5) is 0 Å². The molecule has 0 aliphatic heterocycles. The summed E-state index contributed by atoms with van der Waals surface area (Å²) < 4.78 is 0. The zero-order valence-electron chi connectivity index (χ0n) is 9.38.